The van der Waals surface area contributed by atoms with Crippen LogP contribution >= 0.6 is 0 Å². The lowest BCUT2D eigenvalue weighted by molar-refractivity contribution is 0.279. The molecule has 3 heteroatoms. The van der Waals surface area contributed by atoms with E-state index >= 15 is 0 Å². The Morgan fingerprint density at radius 3 is 3.07 bits per heavy atom. The molecule has 82 valence electrons. The maximum absolute atomic E-state index is 4.24. The molecule has 1 aromatic rings. The highest BCUT2D eigenvalue weighted by molar-refractivity contribution is 5.13. The Kier molecular flexibility index (Phi) is 2.91. The van der Waals surface area contributed by atoms with Gasteiger partial charge in [-0.05, 0) is 26.3 Å². The number of hydrogen-bond acceptors (Lipinski definition) is 2. The molecule has 0 N–H and O–H groups in total. The quantitative estimate of drug-likeness (QED) is 0.705. The average molecular weight is 205 g/mol. The second kappa shape index (κ2) is 4.19. The summed E-state index contributed by atoms with van der Waals surface area (Å²) in [5.41, 5.74) is 2.59. The van der Waals surface area contributed by atoms with Gasteiger partial charge in [-0.2, -0.15) is 5.10 Å². The van der Waals surface area contributed by atoms with Crippen LogP contribution in [0.15, 0.2) is 24.5 Å². The summed E-state index contributed by atoms with van der Waals surface area (Å²) in [4.78, 5) is 2.50. The summed E-state index contributed by atoms with van der Waals surface area (Å²) >= 11 is 0. The SMILES string of the molecule is C=C(C)CN1CCC[C@H]1c1cnn(C)c1. The van der Waals surface area contributed by atoms with Gasteiger partial charge in [-0.1, -0.05) is 12.2 Å². The highest BCUT2D eigenvalue weighted by Crippen LogP contribution is 2.31. The standard InChI is InChI=1S/C12H19N3/c1-10(2)8-15-6-4-5-12(15)11-7-13-14(3)9-11/h7,9,12H,1,4-6,8H2,2-3H3/t12-/m0/s1. The Balaban J connectivity index is 2.10. The third kappa shape index (κ3) is 2.29. The second-order valence-electron chi connectivity index (χ2n) is 4.53. The molecular weight excluding hydrogens is 186 g/mol. The predicted octanol–water partition coefficient (Wildman–Crippen LogP) is 2.13. The lowest BCUT2D eigenvalue weighted by Gasteiger charge is -2.23. The van der Waals surface area contributed by atoms with E-state index < -0.39 is 0 Å². The van der Waals surface area contributed by atoms with Crippen molar-refractivity contribution in [1.82, 2.24) is 14.7 Å². The summed E-state index contributed by atoms with van der Waals surface area (Å²) in [7, 11) is 1.97. The molecule has 1 aliphatic heterocycles. The Hall–Kier alpha value is -1.09. The molecule has 15 heavy (non-hydrogen) atoms. The first kappa shape index (κ1) is 10.4. The lowest BCUT2D eigenvalue weighted by Crippen LogP contribution is -2.24. The first-order chi connectivity index (χ1) is 7.16. The maximum Gasteiger partial charge on any atom is 0.0537 e. The summed E-state index contributed by atoms with van der Waals surface area (Å²) < 4.78 is 1.88. The Labute approximate surface area is 91.4 Å². The van der Waals surface area contributed by atoms with Crippen LogP contribution in [0.4, 0.5) is 0 Å². The Morgan fingerprint density at radius 2 is 2.47 bits per heavy atom. The predicted molar refractivity (Wildman–Crippen MR) is 61.6 cm³/mol. The molecule has 1 saturated heterocycles. The van der Waals surface area contributed by atoms with Crippen molar-refractivity contribution in [2.24, 2.45) is 7.05 Å². The fourth-order valence-electron chi connectivity index (χ4n) is 2.35. The van der Waals surface area contributed by atoms with E-state index in [4.69, 9.17) is 0 Å². The Bertz CT molecular complexity index is 354. The summed E-state index contributed by atoms with van der Waals surface area (Å²) in [6.07, 6.45) is 6.65. The highest BCUT2D eigenvalue weighted by atomic mass is 15.3. The second-order valence-corrected chi connectivity index (χ2v) is 4.53. The van der Waals surface area contributed by atoms with Crippen molar-refractivity contribution in [3.63, 3.8) is 0 Å². The zero-order chi connectivity index (χ0) is 10.8. The maximum atomic E-state index is 4.24. The monoisotopic (exact) mass is 205 g/mol. The van der Waals surface area contributed by atoms with Crippen molar-refractivity contribution in [3.05, 3.63) is 30.1 Å². The average Bonchev–Trinajstić information content (AvgIpc) is 2.72. The van der Waals surface area contributed by atoms with Gasteiger partial charge in [0, 0.05) is 31.4 Å². The number of nitrogens with zero attached hydrogens (tertiary/aromatic N) is 3. The van der Waals surface area contributed by atoms with Gasteiger partial charge in [0.25, 0.3) is 0 Å². The van der Waals surface area contributed by atoms with E-state index in [9.17, 15) is 0 Å². The van der Waals surface area contributed by atoms with E-state index in [-0.39, 0.29) is 0 Å². The van der Waals surface area contributed by atoms with Crippen LogP contribution < -0.4 is 0 Å². The fourth-order valence-corrected chi connectivity index (χ4v) is 2.35. The molecule has 0 bridgehead atoms. The normalized spacial score (nSPS) is 22.1. The van der Waals surface area contributed by atoms with Crippen molar-refractivity contribution >= 4 is 0 Å². The van der Waals surface area contributed by atoms with Crippen molar-refractivity contribution in [1.29, 1.82) is 0 Å². The van der Waals surface area contributed by atoms with Crippen molar-refractivity contribution in [2.45, 2.75) is 25.8 Å². The van der Waals surface area contributed by atoms with E-state index in [1.807, 2.05) is 17.9 Å². The van der Waals surface area contributed by atoms with Crippen LogP contribution in [0.1, 0.15) is 31.4 Å². The van der Waals surface area contributed by atoms with Crippen molar-refractivity contribution in [3.8, 4) is 0 Å². The van der Waals surface area contributed by atoms with Gasteiger partial charge in [0.15, 0.2) is 0 Å². The van der Waals surface area contributed by atoms with Gasteiger partial charge in [0.1, 0.15) is 0 Å². The smallest absolute Gasteiger partial charge is 0.0537 e. The molecule has 1 atom stereocenters. The number of hydrogen-bond donors (Lipinski definition) is 0. The summed E-state index contributed by atoms with van der Waals surface area (Å²) in [6.45, 7) is 8.29. The zero-order valence-corrected chi connectivity index (χ0v) is 9.61. The van der Waals surface area contributed by atoms with Crippen molar-refractivity contribution < 1.29 is 0 Å². The molecule has 2 heterocycles. The number of rotatable bonds is 3. The molecule has 0 aliphatic carbocycles. The molecule has 0 unspecified atom stereocenters. The lowest BCUT2D eigenvalue weighted by atomic mass is 10.1. The van der Waals surface area contributed by atoms with Crippen molar-refractivity contribution in [2.75, 3.05) is 13.1 Å². The van der Waals surface area contributed by atoms with Crippen LogP contribution in [0.5, 0.6) is 0 Å². The molecule has 1 fully saturated rings. The van der Waals surface area contributed by atoms with Gasteiger partial charge < -0.3 is 0 Å². The van der Waals surface area contributed by atoms with Gasteiger partial charge in [-0.25, -0.2) is 0 Å². The number of aryl methyl sites for hydroxylation is 1. The largest absolute Gasteiger partial charge is 0.292 e. The Morgan fingerprint density at radius 1 is 1.67 bits per heavy atom. The minimum atomic E-state index is 0.551. The van der Waals surface area contributed by atoms with E-state index in [2.05, 4.69) is 29.7 Å². The van der Waals surface area contributed by atoms with Gasteiger partial charge in [0.2, 0.25) is 0 Å². The van der Waals surface area contributed by atoms with Crippen LogP contribution in [0.2, 0.25) is 0 Å². The first-order valence-corrected chi connectivity index (χ1v) is 5.54. The number of likely N-dealkylation sites (tertiary alicyclic amines) is 1. The summed E-state index contributed by atoms with van der Waals surface area (Å²) in [5.74, 6) is 0. The van der Waals surface area contributed by atoms with E-state index in [0.717, 1.165) is 6.54 Å². The molecule has 1 aliphatic rings. The molecule has 0 saturated carbocycles. The molecule has 3 nitrogen and oxygen atoms in total. The summed E-state index contributed by atoms with van der Waals surface area (Å²) in [5, 5.41) is 4.24. The third-order valence-corrected chi connectivity index (χ3v) is 2.95. The van der Waals surface area contributed by atoms with E-state index in [0.29, 0.717) is 6.04 Å². The van der Waals surface area contributed by atoms with Gasteiger partial charge in [0.05, 0.1) is 6.20 Å². The van der Waals surface area contributed by atoms with E-state index in [1.54, 1.807) is 0 Å². The molecule has 0 amide bonds. The van der Waals surface area contributed by atoms with Crippen LogP contribution in [-0.4, -0.2) is 27.8 Å². The number of aromatic nitrogens is 2. The third-order valence-electron chi connectivity index (χ3n) is 2.95. The molecule has 1 aromatic heterocycles. The van der Waals surface area contributed by atoms with Gasteiger partial charge >= 0.3 is 0 Å². The van der Waals surface area contributed by atoms with Crippen LogP contribution in [0, 0.1) is 0 Å². The van der Waals surface area contributed by atoms with Crippen LogP contribution in [0.3, 0.4) is 0 Å². The molecule has 0 aromatic carbocycles. The van der Waals surface area contributed by atoms with Gasteiger partial charge in [-0.15, -0.1) is 0 Å². The van der Waals surface area contributed by atoms with Crippen LogP contribution in [-0.2, 0) is 7.05 Å². The summed E-state index contributed by atoms with van der Waals surface area (Å²) in [6, 6.07) is 0.551. The molecule has 2 rings (SSSR count). The van der Waals surface area contributed by atoms with Gasteiger partial charge in [-0.3, -0.25) is 9.58 Å². The molecule has 0 spiro atoms. The highest BCUT2D eigenvalue weighted by Gasteiger charge is 2.26. The molecule has 0 radical (unpaired) electrons. The van der Waals surface area contributed by atoms with E-state index in [1.165, 1.54) is 30.5 Å². The minimum Gasteiger partial charge on any atom is -0.292 e. The zero-order valence-electron chi connectivity index (χ0n) is 9.61. The minimum absolute atomic E-state index is 0.551. The van der Waals surface area contributed by atoms with Crippen LogP contribution in [0.25, 0.3) is 0 Å². The first-order valence-electron chi connectivity index (χ1n) is 5.54. The topological polar surface area (TPSA) is 21.1 Å². The fraction of sp³-hybridized carbons (Fsp3) is 0.583. The molecular formula is C12H19N3.